The number of rotatable bonds is 2. The van der Waals surface area contributed by atoms with Crippen LogP contribution in [0, 0.1) is 5.41 Å². The Kier molecular flexibility index (Phi) is 3.39. The molecule has 3 rings (SSSR count). The lowest BCUT2D eigenvalue weighted by Crippen LogP contribution is -2.26. The van der Waals surface area contributed by atoms with Gasteiger partial charge in [0.15, 0.2) is 5.78 Å². The van der Waals surface area contributed by atoms with Crippen molar-refractivity contribution >= 4 is 29.5 Å². The van der Waals surface area contributed by atoms with Crippen LogP contribution in [0.15, 0.2) is 34.5 Å². The minimum absolute atomic E-state index is 0.0316. The normalized spacial score (nSPS) is 20.2. The third-order valence-electron chi connectivity index (χ3n) is 3.96. The molecular formula is C17H16N2O4. The number of amides is 2. The number of carbonyl (C=O) groups is 3. The molecule has 2 N–H and O–H groups in total. The van der Waals surface area contributed by atoms with Crippen LogP contribution in [0.4, 0.5) is 5.69 Å². The van der Waals surface area contributed by atoms with Crippen molar-refractivity contribution in [3.8, 4) is 0 Å². The Hall–Kier alpha value is -2.76. The Morgan fingerprint density at radius 1 is 1.13 bits per heavy atom. The predicted octanol–water partition coefficient (Wildman–Crippen LogP) is 2.47. The molecular weight excluding hydrogens is 296 g/mol. The summed E-state index contributed by atoms with van der Waals surface area (Å²) in [5, 5.41) is 12.2. The van der Waals surface area contributed by atoms with Gasteiger partial charge in [-0.2, -0.15) is 0 Å². The van der Waals surface area contributed by atoms with E-state index in [0.717, 1.165) is 0 Å². The van der Waals surface area contributed by atoms with Gasteiger partial charge < -0.3 is 5.11 Å². The fourth-order valence-corrected chi connectivity index (χ4v) is 2.82. The van der Waals surface area contributed by atoms with Crippen molar-refractivity contribution in [3.05, 3.63) is 40.7 Å². The maximum atomic E-state index is 12.1. The fraction of sp³-hybridized carbons (Fsp3) is 0.294. The number of nitrogens with zero attached hydrogens (tertiary/aromatic N) is 1. The first kappa shape index (κ1) is 15.1. The minimum Gasteiger partial charge on any atom is -0.511 e. The number of aliphatic hydroxyl groups is 1. The van der Waals surface area contributed by atoms with E-state index in [2.05, 4.69) is 10.3 Å². The quantitative estimate of drug-likeness (QED) is 0.647. The number of hydrogen-bond donors (Lipinski definition) is 2. The second-order valence-corrected chi connectivity index (χ2v) is 6.57. The highest BCUT2D eigenvalue weighted by molar-refractivity contribution is 6.22. The summed E-state index contributed by atoms with van der Waals surface area (Å²) in [6.45, 7) is 3.84. The fourth-order valence-electron chi connectivity index (χ4n) is 2.82. The maximum absolute atomic E-state index is 12.1. The predicted molar refractivity (Wildman–Crippen MR) is 84.1 cm³/mol. The van der Waals surface area contributed by atoms with Crippen molar-refractivity contribution in [2.75, 3.05) is 0 Å². The SMILES string of the molecule is CC1(C)CC(=O)C(C=Nc2ccc3c(c2)C(=O)NC3=O)=C(O)C1. The molecule has 2 amide bonds. The van der Waals surface area contributed by atoms with Crippen LogP contribution in [0.5, 0.6) is 0 Å². The zero-order valence-electron chi connectivity index (χ0n) is 12.8. The Bertz CT molecular complexity index is 803. The summed E-state index contributed by atoms with van der Waals surface area (Å²) in [5.74, 6) is -1.01. The maximum Gasteiger partial charge on any atom is 0.259 e. The molecule has 0 radical (unpaired) electrons. The van der Waals surface area contributed by atoms with Gasteiger partial charge in [-0.25, -0.2) is 0 Å². The average Bonchev–Trinajstić information content (AvgIpc) is 2.71. The number of allylic oxidation sites excluding steroid dienone is 2. The number of imide groups is 1. The highest BCUT2D eigenvalue weighted by Crippen LogP contribution is 2.35. The summed E-state index contributed by atoms with van der Waals surface area (Å²) in [7, 11) is 0. The molecule has 0 saturated carbocycles. The highest BCUT2D eigenvalue weighted by atomic mass is 16.3. The van der Waals surface area contributed by atoms with E-state index in [1.54, 1.807) is 6.07 Å². The van der Waals surface area contributed by atoms with Crippen molar-refractivity contribution < 1.29 is 19.5 Å². The van der Waals surface area contributed by atoms with E-state index in [1.165, 1.54) is 18.3 Å². The van der Waals surface area contributed by atoms with Crippen molar-refractivity contribution in [2.24, 2.45) is 10.4 Å². The lowest BCUT2D eigenvalue weighted by molar-refractivity contribution is -0.117. The number of hydrogen-bond acceptors (Lipinski definition) is 5. The monoisotopic (exact) mass is 312 g/mol. The largest absolute Gasteiger partial charge is 0.511 e. The molecule has 118 valence electrons. The summed E-state index contributed by atoms with van der Waals surface area (Å²) in [6.07, 6.45) is 2.09. The number of ketones is 1. The molecule has 0 saturated heterocycles. The second kappa shape index (κ2) is 5.15. The first-order chi connectivity index (χ1) is 10.8. The third kappa shape index (κ3) is 2.79. The van der Waals surface area contributed by atoms with E-state index in [-0.39, 0.29) is 28.1 Å². The van der Waals surface area contributed by atoms with E-state index < -0.39 is 11.8 Å². The molecule has 1 aromatic rings. The topological polar surface area (TPSA) is 95.8 Å². The number of carbonyl (C=O) groups excluding carboxylic acids is 3. The molecule has 0 spiro atoms. The number of aliphatic hydroxyl groups excluding tert-OH is 1. The Balaban J connectivity index is 1.90. The van der Waals surface area contributed by atoms with Gasteiger partial charge in [0.05, 0.1) is 22.4 Å². The molecule has 1 aliphatic heterocycles. The Morgan fingerprint density at radius 2 is 1.83 bits per heavy atom. The third-order valence-corrected chi connectivity index (χ3v) is 3.96. The van der Waals surface area contributed by atoms with Gasteiger partial charge in [0, 0.05) is 19.1 Å². The summed E-state index contributed by atoms with van der Waals surface area (Å²) < 4.78 is 0. The van der Waals surface area contributed by atoms with Gasteiger partial charge in [-0.1, -0.05) is 13.8 Å². The van der Waals surface area contributed by atoms with Crippen LogP contribution in [-0.2, 0) is 4.79 Å². The summed E-state index contributed by atoms with van der Waals surface area (Å²) in [4.78, 5) is 39.4. The molecule has 1 aromatic carbocycles. The van der Waals surface area contributed by atoms with E-state index in [1.807, 2.05) is 13.8 Å². The second-order valence-electron chi connectivity index (χ2n) is 6.57. The lowest BCUT2D eigenvalue weighted by Gasteiger charge is -2.28. The molecule has 23 heavy (non-hydrogen) atoms. The number of nitrogens with one attached hydrogen (secondary N) is 1. The first-order valence-electron chi connectivity index (χ1n) is 7.26. The van der Waals surface area contributed by atoms with Crippen LogP contribution >= 0.6 is 0 Å². The first-order valence-corrected chi connectivity index (χ1v) is 7.26. The smallest absolute Gasteiger partial charge is 0.259 e. The zero-order valence-corrected chi connectivity index (χ0v) is 12.8. The lowest BCUT2D eigenvalue weighted by atomic mass is 9.77. The molecule has 0 aromatic heterocycles. The van der Waals surface area contributed by atoms with Gasteiger partial charge in [-0.3, -0.25) is 24.7 Å². The van der Waals surface area contributed by atoms with Crippen LogP contribution < -0.4 is 5.32 Å². The summed E-state index contributed by atoms with van der Waals surface area (Å²) in [6, 6.07) is 4.59. The minimum atomic E-state index is -0.459. The van der Waals surface area contributed by atoms with Crippen LogP contribution in [-0.4, -0.2) is 28.9 Å². The van der Waals surface area contributed by atoms with Crippen LogP contribution in [0.1, 0.15) is 47.4 Å². The molecule has 6 heteroatoms. The molecule has 1 aliphatic carbocycles. The van der Waals surface area contributed by atoms with Gasteiger partial charge in [0.2, 0.25) is 0 Å². The zero-order chi connectivity index (χ0) is 16.8. The van der Waals surface area contributed by atoms with E-state index >= 15 is 0 Å². The van der Waals surface area contributed by atoms with E-state index in [0.29, 0.717) is 24.1 Å². The molecule has 2 aliphatic rings. The van der Waals surface area contributed by atoms with Gasteiger partial charge in [-0.15, -0.1) is 0 Å². The standard InChI is InChI=1S/C17H16N2O4/c1-17(2)6-13(20)12(14(21)7-17)8-18-9-3-4-10-11(5-9)16(23)19-15(10)22/h3-5,8,20H,6-7H2,1-2H3,(H,19,22,23). The Labute approximate surface area is 132 Å². The number of benzene rings is 1. The highest BCUT2D eigenvalue weighted by Gasteiger charge is 2.32. The number of Topliss-reactive ketones (excluding diaryl/α,β-unsaturated/α-hetero) is 1. The van der Waals surface area contributed by atoms with Gasteiger partial charge in [-0.05, 0) is 23.6 Å². The van der Waals surface area contributed by atoms with Gasteiger partial charge >= 0.3 is 0 Å². The van der Waals surface area contributed by atoms with Crippen LogP contribution in [0.25, 0.3) is 0 Å². The van der Waals surface area contributed by atoms with E-state index in [9.17, 15) is 19.5 Å². The molecule has 0 unspecified atom stereocenters. The van der Waals surface area contributed by atoms with Crippen molar-refractivity contribution in [1.29, 1.82) is 0 Å². The molecule has 0 fully saturated rings. The van der Waals surface area contributed by atoms with Crippen LogP contribution in [0.3, 0.4) is 0 Å². The van der Waals surface area contributed by atoms with E-state index in [4.69, 9.17) is 0 Å². The van der Waals surface area contributed by atoms with Crippen LogP contribution in [0.2, 0.25) is 0 Å². The summed E-state index contributed by atoms with van der Waals surface area (Å²) in [5.41, 5.74) is 0.951. The van der Waals surface area contributed by atoms with Crippen molar-refractivity contribution in [3.63, 3.8) is 0 Å². The number of fused-ring (bicyclic) bond motifs is 1. The van der Waals surface area contributed by atoms with Gasteiger partial charge in [0.1, 0.15) is 5.76 Å². The number of aliphatic imine (C=N–C) groups is 1. The summed E-state index contributed by atoms with van der Waals surface area (Å²) >= 11 is 0. The van der Waals surface area contributed by atoms with Crippen molar-refractivity contribution in [2.45, 2.75) is 26.7 Å². The molecule has 0 bridgehead atoms. The molecule has 6 nitrogen and oxygen atoms in total. The van der Waals surface area contributed by atoms with Gasteiger partial charge in [0.25, 0.3) is 11.8 Å². The average molecular weight is 312 g/mol. The molecule has 1 heterocycles. The molecule has 0 atom stereocenters. The van der Waals surface area contributed by atoms with Crippen molar-refractivity contribution in [1.82, 2.24) is 5.32 Å². The Morgan fingerprint density at radius 3 is 2.52 bits per heavy atom.